The Morgan fingerprint density at radius 3 is 1.97 bits per heavy atom. The molecule has 0 saturated heterocycles. The van der Waals surface area contributed by atoms with Gasteiger partial charge in [0.15, 0.2) is 0 Å². The van der Waals surface area contributed by atoms with E-state index < -0.39 is 0 Å². The van der Waals surface area contributed by atoms with Crippen molar-refractivity contribution in [1.29, 1.82) is 0 Å². The van der Waals surface area contributed by atoms with Crippen LogP contribution in [-0.2, 0) is 4.74 Å². The maximum atomic E-state index is 6.49. The lowest BCUT2D eigenvalue weighted by molar-refractivity contribution is 0.196. The van der Waals surface area contributed by atoms with Crippen LogP contribution in [0.4, 0.5) is 17.1 Å². The van der Waals surface area contributed by atoms with Gasteiger partial charge in [-0.3, -0.25) is 0 Å². The fourth-order valence-corrected chi connectivity index (χ4v) is 3.95. The molecule has 3 aromatic rings. The molecule has 1 atom stereocenters. The Labute approximate surface area is 186 Å². The minimum Gasteiger partial charge on any atom is -0.464 e. The zero-order valence-corrected chi connectivity index (χ0v) is 18.8. The summed E-state index contributed by atoms with van der Waals surface area (Å²) in [6.45, 7) is 6.37. The van der Waals surface area contributed by atoms with Gasteiger partial charge in [0.1, 0.15) is 5.76 Å². The van der Waals surface area contributed by atoms with Crippen molar-refractivity contribution in [2.75, 3.05) is 41.9 Å². The SMILES string of the molecule is CCN(CC)c1ccc(C2=CN(c3ccc(N(C)C)cc3)C(c3ccccc3)O2)cc1. The quantitative estimate of drug-likeness (QED) is 0.463. The molecule has 160 valence electrons. The van der Waals surface area contributed by atoms with E-state index in [4.69, 9.17) is 4.74 Å². The average molecular weight is 414 g/mol. The molecule has 0 spiro atoms. The van der Waals surface area contributed by atoms with Gasteiger partial charge in [0, 0.05) is 55.4 Å². The second-order valence-electron chi connectivity index (χ2n) is 7.91. The van der Waals surface area contributed by atoms with Gasteiger partial charge in [-0.05, 0) is 62.4 Å². The van der Waals surface area contributed by atoms with E-state index >= 15 is 0 Å². The lowest BCUT2D eigenvalue weighted by Gasteiger charge is -2.25. The smallest absolute Gasteiger partial charge is 0.202 e. The second kappa shape index (κ2) is 9.17. The molecule has 0 fully saturated rings. The van der Waals surface area contributed by atoms with Crippen LogP contribution in [0, 0.1) is 0 Å². The number of nitrogens with zero attached hydrogens (tertiary/aromatic N) is 3. The molecule has 31 heavy (non-hydrogen) atoms. The summed E-state index contributed by atoms with van der Waals surface area (Å²) in [6.07, 6.45) is 1.93. The zero-order chi connectivity index (χ0) is 21.8. The van der Waals surface area contributed by atoms with E-state index in [0.29, 0.717) is 0 Å². The molecular formula is C27H31N3O. The van der Waals surface area contributed by atoms with E-state index in [9.17, 15) is 0 Å². The highest BCUT2D eigenvalue weighted by molar-refractivity contribution is 5.70. The van der Waals surface area contributed by atoms with Gasteiger partial charge < -0.3 is 19.4 Å². The first kappa shape index (κ1) is 20.9. The summed E-state index contributed by atoms with van der Waals surface area (Å²) in [5.74, 6) is 0.886. The van der Waals surface area contributed by atoms with Crippen LogP contribution < -0.4 is 14.7 Å². The van der Waals surface area contributed by atoms with Crippen molar-refractivity contribution >= 4 is 22.8 Å². The maximum absolute atomic E-state index is 6.49. The lowest BCUT2D eigenvalue weighted by atomic mass is 10.1. The van der Waals surface area contributed by atoms with Gasteiger partial charge in [0.2, 0.25) is 6.23 Å². The van der Waals surface area contributed by atoms with Crippen molar-refractivity contribution in [2.45, 2.75) is 20.1 Å². The van der Waals surface area contributed by atoms with Gasteiger partial charge in [-0.15, -0.1) is 0 Å². The highest BCUT2D eigenvalue weighted by Crippen LogP contribution is 2.40. The summed E-state index contributed by atoms with van der Waals surface area (Å²) in [7, 11) is 4.11. The number of anilines is 3. The molecule has 3 aromatic carbocycles. The first-order valence-electron chi connectivity index (χ1n) is 10.9. The molecule has 0 aliphatic carbocycles. The Morgan fingerprint density at radius 1 is 0.774 bits per heavy atom. The van der Waals surface area contributed by atoms with E-state index in [0.717, 1.165) is 35.7 Å². The third kappa shape index (κ3) is 4.38. The maximum Gasteiger partial charge on any atom is 0.202 e. The van der Waals surface area contributed by atoms with E-state index in [-0.39, 0.29) is 6.23 Å². The molecule has 0 aromatic heterocycles. The molecule has 0 radical (unpaired) electrons. The molecule has 0 bridgehead atoms. The average Bonchev–Trinajstić information content (AvgIpc) is 3.26. The summed E-state index contributed by atoms with van der Waals surface area (Å²) in [6, 6.07) is 27.6. The van der Waals surface area contributed by atoms with Gasteiger partial charge in [-0.1, -0.05) is 30.3 Å². The third-order valence-corrected chi connectivity index (χ3v) is 5.78. The van der Waals surface area contributed by atoms with Gasteiger partial charge in [-0.25, -0.2) is 0 Å². The summed E-state index contributed by atoms with van der Waals surface area (Å²) in [4.78, 5) is 6.67. The van der Waals surface area contributed by atoms with Crippen molar-refractivity contribution in [1.82, 2.24) is 0 Å². The number of benzene rings is 3. The Kier molecular flexibility index (Phi) is 6.17. The van der Waals surface area contributed by atoms with Crippen LogP contribution in [0.3, 0.4) is 0 Å². The third-order valence-electron chi connectivity index (χ3n) is 5.78. The van der Waals surface area contributed by atoms with Crippen molar-refractivity contribution < 1.29 is 4.74 Å². The largest absolute Gasteiger partial charge is 0.464 e. The standard InChI is InChI=1S/C27H31N3O/c1-5-29(6-2)24-14-12-21(13-15-24)26-20-30(25-18-16-23(17-19-25)28(3)4)27(31-26)22-10-8-7-9-11-22/h7-20,27H,5-6H2,1-4H3. The fourth-order valence-electron chi connectivity index (χ4n) is 3.95. The molecule has 4 heteroatoms. The number of rotatable bonds is 7. The molecule has 4 rings (SSSR count). The topological polar surface area (TPSA) is 19.0 Å². The van der Waals surface area contributed by atoms with Gasteiger partial charge in [-0.2, -0.15) is 0 Å². The zero-order valence-electron chi connectivity index (χ0n) is 18.8. The van der Waals surface area contributed by atoms with Crippen molar-refractivity contribution in [3.05, 3.63) is 96.2 Å². The molecule has 1 aliphatic rings. The molecule has 4 nitrogen and oxygen atoms in total. The van der Waals surface area contributed by atoms with Crippen LogP contribution in [0.5, 0.6) is 0 Å². The van der Waals surface area contributed by atoms with Crippen LogP contribution in [0.25, 0.3) is 5.76 Å². The summed E-state index contributed by atoms with van der Waals surface area (Å²) in [5.41, 5.74) is 5.74. The lowest BCUT2D eigenvalue weighted by Crippen LogP contribution is -2.21. The van der Waals surface area contributed by atoms with E-state index in [1.165, 1.54) is 11.4 Å². The predicted molar refractivity (Wildman–Crippen MR) is 131 cm³/mol. The van der Waals surface area contributed by atoms with Crippen LogP contribution >= 0.6 is 0 Å². The van der Waals surface area contributed by atoms with Gasteiger partial charge in [0.25, 0.3) is 0 Å². The first-order valence-corrected chi connectivity index (χ1v) is 10.9. The van der Waals surface area contributed by atoms with Crippen molar-refractivity contribution in [2.24, 2.45) is 0 Å². The highest BCUT2D eigenvalue weighted by atomic mass is 16.5. The number of hydrogen-bond acceptors (Lipinski definition) is 4. The molecular weight excluding hydrogens is 382 g/mol. The summed E-state index contributed by atoms with van der Waals surface area (Å²) >= 11 is 0. The predicted octanol–water partition coefficient (Wildman–Crippen LogP) is 6.13. The molecule has 0 N–H and O–H groups in total. The first-order chi connectivity index (χ1) is 15.1. The molecule has 1 unspecified atom stereocenters. The molecule has 0 amide bonds. The second-order valence-corrected chi connectivity index (χ2v) is 7.91. The van der Waals surface area contributed by atoms with E-state index in [2.05, 4.69) is 122 Å². The number of hydrogen-bond donors (Lipinski definition) is 0. The summed E-state index contributed by atoms with van der Waals surface area (Å²) < 4.78 is 6.49. The fraction of sp³-hybridized carbons (Fsp3) is 0.259. The normalized spacial score (nSPS) is 15.4. The van der Waals surface area contributed by atoms with Crippen molar-refractivity contribution in [3.8, 4) is 0 Å². The summed E-state index contributed by atoms with van der Waals surface area (Å²) in [5, 5.41) is 0. The van der Waals surface area contributed by atoms with Crippen LogP contribution in [0.2, 0.25) is 0 Å². The molecule has 1 heterocycles. The van der Waals surface area contributed by atoms with Gasteiger partial charge >= 0.3 is 0 Å². The van der Waals surface area contributed by atoms with E-state index in [1.54, 1.807) is 0 Å². The molecule has 1 aliphatic heterocycles. The minimum absolute atomic E-state index is 0.191. The van der Waals surface area contributed by atoms with E-state index in [1.807, 2.05) is 6.07 Å². The Balaban J connectivity index is 1.66. The molecule has 0 saturated carbocycles. The van der Waals surface area contributed by atoms with Gasteiger partial charge in [0.05, 0.1) is 6.20 Å². The van der Waals surface area contributed by atoms with Crippen LogP contribution in [0.1, 0.15) is 31.2 Å². The van der Waals surface area contributed by atoms with Crippen LogP contribution in [-0.4, -0.2) is 27.2 Å². The monoisotopic (exact) mass is 413 g/mol. The van der Waals surface area contributed by atoms with Crippen molar-refractivity contribution in [3.63, 3.8) is 0 Å². The number of ether oxygens (including phenoxy) is 1. The van der Waals surface area contributed by atoms with Crippen LogP contribution in [0.15, 0.2) is 85.1 Å². The highest BCUT2D eigenvalue weighted by Gasteiger charge is 2.29. The Bertz CT molecular complexity index is 1010. The Hall–Kier alpha value is -3.40. The minimum atomic E-state index is -0.191. The Morgan fingerprint density at radius 2 is 1.39 bits per heavy atom.